The van der Waals surface area contributed by atoms with Crippen molar-refractivity contribution in [1.82, 2.24) is 0 Å². The van der Waals surface area contributed by atoms with Crippen LogP contribution in [0.2, 0.25) is 0 Å². The summed E-state index contributed by atoms with van der Waals surface area (Å²) in [7, 11) is 3.93. The minimum absolute atomic E-state index is 0.0464. The Kier molecular flexibility index (Phi) is 4.12. The van der Waals surface area contributed by atoms with Crippen molar-refractivity contribution in [3.63, 3.8) is 0 Å². The fourth-order valence-corrected chi connectivity index (χ4v) is 1.79. The van der Waals surface area contributed by atoms with Crippen molar-refractivity contribution in [3.05, 3.63) is 29.8 Å². The first-order valence-corrected chi connectivity index (χ1v) is 5.59. The Labute approximate surface area is 102 Å². The molecule has 1 unspecified atom stereocenters. The summed E-state index contributed by atoms with van der Waals surface area (Å²) in [6, 6.07) is 7.85. The van der Waals surface area contributed by atoms with Crippen molar-refractivity contribution in [1.29, 1.82) is 0 Å². The van der Waals surface area contributed by atoms with Crippen LogP contribution in [-0.2, 0) is 10.2 Å². The summed E-state index contributed by atoms with van der Waals surface area (Å²) in [5, 5.41) is 8.92. The highest BCUT2D eigenvalue weighted by molar-refractivity contribution is 5.69. The lowest BCUT2D eigenvalue weighted by atomic mass is 9.79. The smallest absolute Gasteiger partial charge is 0.304 e. The van der Waals surface area contributed by atoms with Gasteiger partial charge in [0.05, 0.1) is 6.42 Å². The van der Waals surface area contributed by atoms with E-state index in [4.69, 9.17) is 10.8 Å². The first-order chi connectivity index (χ1) is 7.89. The minimum atomic E-state index is -0.824. The molecule has 0 saturated heterocycles. The minimum Gasteiger partial charge on any atom is -0.481 e. The van der Waals surface area contributed by atoms with Gasteiger partial charge in [-0.25, -0.2) is 0 Å². The van der Waals surface area contributed by atoms with Crippen LogP contribution in [-0.4, -0.2) is 31.7 Å². The normalized spacial score (nSPS) is 14.1. The van der Waals surface area contributed by atoms with Crippen LogP contribution in [0.1, 0.15) is 18.9 Å². The molecule has 0 bridgehead atoms. The van der Waals surface area contributed by atoms with Gasteiger partial charge < -0.3 is 15.7 Å². The number of hydrogen-bond donors (Lipinski definition) is 2. The molecule has 0 amide bonds. The monoisotopic (exact) mass is 236 g/mol. The molecule has 0 spiro atoms. The first-order valence-electron chi connectivity index (χ1n) is 5.59. The van der Waals surface area contributed by atoms with E-state index in [0.717, 1.165) is 11.3 Å². The number of anilines is 1. The summed E-state index contributed by atoms with van der Waals surface area (Å²) in [5.74, 6) is -0.824. The number of carboxylic acid groups (broad SMARTS) is 1. The quantitative estimate of drug-likeness (QED) is 0.812. The molecule has 0 aliphatic heterocycles. The molecule has 0 aromatic heterocycles. The summed E-state index contributed by atoms with van der Waals surface area (Å²) in [6.45, 7) is 2.20. The van der Waals surface area contributed by atoms with E-state index >= 15 is 0 Å². The van der Waals surface area contributed by atoms with E-state index in [-0.39, 0.29) is 6.42 Å². The summed E-state index contributed by atoms with van der Waals surface area (Å²) >= 11 is 0. The molecule has 3 N–H and O–H groups in total. The SMILES string of the molecule is CN(C)c1ccc(C(C)(CN)CC(=O)O)cc1. The molecule has 94 valence electrons. The van der Waals surface area contributed by atoms with Crippen molar-refractivity contribution < 1.29 is 9.90 Å². The third kappa shape index (κ3) is 3.20. The van der Waals surface area contributed by atoms with Gasteiger partial charge in [-0.15, -0.1) is 0 Å². The topological polar surface area (TPSA) is 66.6 Å². The number of rotatable bonds is 5. The van der Waals surface area contributed by atoms with E-state index in [0.29, 0.717) is 6.54 Å². The largest absolute Gasteiger partial charge is 0.481 e. The van der Waals surface area contributed by atoms with E-state index in [1.807, 2.05) is 50.2 Å². The fourth-order valence-electron chi connectivity index (χ4n) is 1.79. The van der Waals surface area contributed by atoms with Gasteiger partial charge in [-0.05, 0) is 17.7 Å². The summed E-state index contributed by atoms with van der Waals surface area (Å²) in [4.78, 5) is 12.9. The van der Waals surface area contributed by atoms with Gasteiger partial charge >= 0.3 is 5.97 Å². The predicted molar refractivity (Wildman–Crippen MR) is 69.4 cm³/mol. The average Bonchev–Trinajstić information content (AvgIpc) is 2.28. The van der Waals surface area contributed by atoms with Crippen molar-refractivity contribution in [2.24, 2.45) is 5.73 Å². The Balaban J connectivity index is 3.00. The third-order valence-electron chi connectivity index (χ3n) is 3.07. The molecule has 0 aliphatic rings. The summed E-state index contributed by atoms with van der Waals surface area (Å²) in [6.07, 6.45) is 0.0464. The van der Waals surface area contributed by atoms with Crippen LogP contribution in [0.5, 0.6) is 0 Å². The number of hydrogen-bond acceptors (Lipinski definition) is 3. The Bertz CT molecular complexity index is 387. The molecule has 4 nitrogen and oxygen atoms in total. The maximum absolute atomic E-state index is 10.9. The molecule has 0 radical (unpaired) electrons. The van der Waals surface area contributed by atoms with Crippen molar-refractivity contribution in [2.45, 2.75) is 18.8 Å². The van der Waals surface area contributed by atoms with Gasteiger partial charge in [0.1, 0.15) is 0 Å². The average molecular weight is 236 g/mol. The molecule has 17 heavy (non-hydrogen) atoms. The Morgan fingerprint density at radius 3 is 2.24 bits per heavy atom. The highest BCUT2D eigenvalue weighted by atomic mass is 16.4. The number of benzene rings is 1. The van der Waals surface area contributed by atoms with Gasteiger partial charge in [0, 0.05) is 31.7 Å². The number of nitrogens with zero attached hydrogens (tertiary/aromatic N) is 1. The van der Waals surface area contributed by atoms with Gasteiger partial charge in [0.2, 0.25) is 0 Å². The number of carbonyl (C=O) groups is 1. The molecular formula is C13H20N2O2. The molecule has 0 heterocycles. The van der Waals surface area contributed by atoms with Crippen LogP contribution < -0.4 is 10.6 Å². The van der Waals surface area contributed by atoms with Gasteiger partial charge in [-0.1, -0.05) is 19.1 Å². The zero-order valence-corrected chi connectivity index (χ0v) is 10.6. The zero-order chi connectivity index (χ0) is 13.1. The molecule has 1 aromatic rings. The lowest BCUT2D eigenvalue weighted by Crippen LogP contribution is -2.34. The highest BCUT2D eigenvalue weighted by Gasteiger charge is 2.28. The van der Waals surface area contributed by atoms with Crippen LogP contribution in [0.4, 0.5) is 5.69 Å². The molecule has 0 aliphatic carbocycles. The maximum atomic E-state index is 10.9. The lowest BCUT2D eigenvalue weighted by molar-refractivity contribution is -0.138. The molecule has 0 fully saturated rings. The Hall–Kier alpha value is -1.55. The first kappa shape index (κ1) is 13.5. The van der Waals surface area contributed by atoms with Crippen LogP contribution in [0.3, 0.4) is 0 Å². The van der Waals surface area contributed by atoms with Crippen LogP contribution in [0, 0.1) is 0 Å². The van der Waals surface area contributed by atoms with E-state index in [9.17, 15) is 4.79 Å². The van der Waals surface area contributed by atoms with Crippen molar-refractivity contribution >= 4 is 11.7 Å². The zero-order valence-electron chi connectivity index (χ0n) is 10.6. The maximum Gasteiger partial charge on any atom is 0.304 e. The number of nitrogens with two attached hydrogens (primary N) is 1. The van der Waals surface area contributed by atoms with Crippen LogP contribution in [0.15, 0.2) is 24.3 Å². The van der Waals surface area contributed by atoms with E-state index in [2.05, 4.69) is 0 Å². The van der Waals surface area contributed by atoms with E-state index in [1.165, 1.54) is 0 Å². The predicted octanol–water partition coefficient (Wildman–Crippen LogP) is 1.44. The molecule has 1 rings (SSSR count). The standard InChI is InChI=1S/C13H20N2O2/c1-13(9-14,8-12(16)17)10-4-6-11(7-5-10)15(2)3/h4-7H,8-9,14H2,1-3H3,(H,16,17). The van der Waals surface area contributed by atoms with Crippen molar-refractivity contribution in [2.75, 3.05) is 25.5 Å². The molecule has 0 saturated carbocycles. The summed E-state index contributed by atoms with van der Waals surface area (Å²) in [5.41, 5.74) is 7.26. The Morgan fingerprint density at radius 1 is 1.35 bits per heavy atom. The lowest BCUT2D eigenvalue weighted by Gasteiger charge is -2.27. The number of aliphatic carboxylic acids is 1. The molecule has 1 aromatic carbocycles. The highest BCUT2D eigenvalue weighted by Crippen LogP contribution is 2.28. The van der Waals surface area contributed by atoms with Gasteiger partial charge in [0.15, 0.2) is 0 Å². The molecule has 4 heteroatoms. The van der Waals surface area contributed by atoms with Crippen LogP contribution >= 0.6 is 0 Å². The number of carboxylic acids is 1. The van der Waals surface area contributed by atoms with Gasteiger partial charge in [-0.2, -0.15) is 0 Å². The van der Waals surface area contributed by atoms with Crippen molar-refractivity contribution in [3.8, 4) is 0 Å². The second kappa shape index (κ2) is 5.19. The van der Waals surface area contributed by atoms with E-state index < -0.39 is 11.4 Å². The van der Waals surface area contributed by atoms with Gasteiger partial charge in [0.25, 0.3) is 0 Å². The molecular weight excluding hydrogens is 216 g/mol. The fraction of sp³-hybridized carbons (Fsp3) is 0.462. The van der Waals surface area contributed by atoms with Gasteiger partial charge in [-0.3, -0.25) is 4.79 Å². The molecule has 1 atom stereocenters. The second-order valence-corrected chi connectivity index (χ2v) is 4.78. The van der Waals surface area contributed by atoms with Crippen LogP contribution in [0.25, 0.3) is 0 Å². The third-order valence-corrected chi connectivity index (χ3v) is 3.07. The second-order valence-electron chi connectivity index (χ2n) is 4.78. The van der Waals surface area contributed by atoms with E-state index in [1.54, 1.807) is 0 Å². The summed E-state index contributed by atoms with van der Waals surface area (Å²) < 4.78 is 0. The Morgan fingerprint density at radius 2 is 1.88 bits per heavy atom.